The molecule has 0 bridgehead atoms. The Morgan fingerprint density at radius 1 is 2.00 bits per heavy atom. The zero-order valence-corrected chi connectivity index (χ0v) is 3.60. The largest absolute Gasteiger partial charge is 0.282 e. The summed E-state index contributed by atoms with van der Waals surface area (Å²) in [5.74, 6) is 0. The molecule has 0 rings (SSSR count). The molecule has 1 radical (unpaired) electrons. The van der Waals surface area contributed by atoms with Crippen LogP contribution >= 0.6 is 0 Å². The molecule has 0 heterocycles. The average Bonchev–Trinajstić information content (AvgIpc) is 1.65. The van der Waals surface area contributed by atoms with Crippen molar-refractivity contribution >= 4 is 5.71 Å². The molecular weight excluding hydrogens is 76.1 g/mol. The molecule has 0 aliphatic rings. The summed E-state index contributed by atoms with van der Waals surface area (Å²) >= 11 is 0. The van der Waals surface area contributed by atoms with E-state index in [1.165, 1.54) is 7.05 Å². The predicted molar refractivity (Wildman–Crippen MR) is 24.3 cm³/mol. The molecule has 0 unspecified atom stereocenters. The molecule has 0 N–H and O–H groups in total. The molecule has 0 aromatic heterocycles. The Morgan fingerprint density at radius 3 is 2.50 bits per heavy atom. The topological polar surface area (TPSA) is 36.1 Å². The van der Waals surface area contributed by atoms with Crippen LogP contribution in [0.5, 0.6) is 0 Å². The summed E-state index contributed by atoms with van der Waals surface area (Å²) in [5.41, 5.74) is 0.273. The fourth-order valence-corrected chi connectivity index (χ4v) is 0.0500. The van der Waals surface area contributed by atoms with Gasteiger partial charge in [0.15, 0.2) is 0 Å². The van der Waals surface area contributed by atoms with E-state index in [0.29, 0.717) is 0 Å². The van der Waals surface area contributed by atoms with Crippen LogP contribution in [0.3, 0.4) is 0 Å². The molecule has 0 amide bonds. The lowest BCUT2D eigenvalue weighted by molar-refractivity contribution is 1.44. The van der Waals surface area contributed by atoms with Gasteiger partial charge in [-0.25, -0.2) is 0 Å². The highest BCUT2D eigenvalue weighted by molar-refractivity contribution is 6.01. The Hall–Kier alpha value is -0.840. The van der Waals surface area contributed by atoms with Gasteiger partial charge in [0.25, 0.3) is 0 Å². The second-order valence-electron chi connectivity index (χ2n) is 0.782. The van der Waals surface area contributed by atoms with E-state index in [-0.39, 0.29) is 5.71 Å². The summed E-state index contributed by atoms with van der Waals surface area (Å²) in [6.45, 7) is 3.26. The lowest BCUT2D eigenvalue weighted by Crippen LogP contribution is -1.80. The van der Waals surface area contributed by atoms with Crippen LogP contribution in [-0.2, 0) is 0 Å². The first kappa shape index (κ1) is 5.16. The zero-order valence-electron chi connectivity index (χ0n) is 3.60. The van der Waals surface area contributed by atoms with Gasteiger partial charge in [-0.05, 0) is 0 Å². The van der Waals surface area contributed by atoms with Gasteiger partial charge in [-0.15, -0.1) is 0 Å². The van der Waals surface area contributed by atoms with Crippen LogP contribution in [0.1, 0.15) is 0 Å². The summed E-state index contributed by atoms with van der Waals surface area (Å²) in [5, 5.41) is 7.89. The van der Waals surface area contributed by atoms with Crippen LogP contribution in [0.2, 0.25) is 0 Å². The second kappa shape index (κ2) is 2.40. The predicted octanol–water partition coefficient (Wildman–Crippen LogP) is 0.415. The Labute approximate surface area is 37.1 Å². The van der Waals surface area contributed by atoms with Crippen LogP contribution in [0.4, 0.5) is 0 Å². The van der Waals surface area contributed by atoms with Crippen LogP contribution < -0.4 is 0 Å². The van der Waals surface area contributed by atoms with Gasteiger partial charge >= 0.3 is 0 Å². The SMILES string of the molecule is [CH2]C(C#N)=NC. The van der Waals surface area contributed by atoms with Crippen molar-refractivity contribution in [2.75, 3.05) is 7.05 Å². The maximum atomic E-state index is 7.89. The number of nitriles is 1. The lowest BCUT2D eigenvalue weighted by atomic mass is 10.5. The van der Waals surface area contributed by atoms with E-state index in [9.17, 15) is 0 Å². The molecule has 0 aromatic carbocycles. The molecule has 2 nitrogen and oxygen atoms in total. The number of hydrogen-bond acceptors (Lipinski definition) is 2. The molecule has 0 saturated carbocycles. The van der Waals surface area contributed by atoms with E-state index < -0.39 is 0 Å². The van der Waals surface area contributed by atoms with Crippen LogP contribution in [-0.4, -0.2) is 12.8 Å². The molecule has 2 heteroatoms. The minimum atomic E-state index is 0.273. The van der Waals surface area contributed by atoms with Crippen molar-refractivity contribution in [2.45, 2.75) is 0 Å². The van der Waals surface area contributed by atoms with E-state index in [1.807, 2.05) is 0 Å². The molecule has 31 valence electrons. The molecule has 6 heavy (non-hydrogen) atoms. The Kier molecular flexibility index (Phi) is 2.06. The number of nitrogens with zero attached hydrogens (tertiary/aromatic N) is 2. The number of hydrogen-bond donors (Lipinski definition) is 0. The fourth-order valence-electron chi connectivity index (χ4n) is 0.0500. The summed E-state index contributed by atoms with van der Waals surface area (Å²) in [4.78, 5) is 3.45. The monoisotopic (exact) mass is 81.0 g/mol. The van der Waals surface area contributed by atoms with E-state index in [0.717, 1.165) is 0 Å². The van der Waals surface area contributed by atoms with E-state index in [4.69, 9.17) is 5.26 Å². The van der Waals surface area contributed by atoms with Gasteiger partial charge < -0.3 is 0 Å². The van der Waals surface area contributed by atoms with E-state index >= 15 is 0 Å². The normalized spacial score (nSPS) is 10.5. The van der Waals surface area contributed by atoms with E-state index in [2.05, 4.69) is 11.9 Å². The Balaban J connectivity index is 3.61. The Morgan fingerprint density at radius 2 is 2.50 bits per heavy atom. The van der Waals surface area contributed by atoms with Crippen molar-refractivity contribution in [2.24, 2.45) is 4.99 Å². The number of aliphatic imine (C=N–C) groups is 1. The van der Waals surface area contributed by atoms with E-state index in [1.54, 1.807) is 6.07 Å². The first-order valence-corrected chi connectivity index (χ1v) is 1.50. The quantitative estimate of drug-likeness (QED) is 0.389. The smallest absolute Gasteiger partial charge is 0.114 e. The van der Waals surface area contributed by atoms with Crippen molar-refractivity contribution in [1.82, 2.24) is 0 Å². The summed E-state index contributed by atoms with van der Waals surface area (Å²) in [7, 11) is 1.53. The molecule has 0 spiro atoms. The van der Waals surface area contributed by atoms with Crippen molar-refractivity contribution in [1.29, 1.82) is 5.26 Å². The molecular formula is C4H5N2. The summed E-state index contributed by atoms with van der Waals surface area (Å²) < 4.78 is 0. The average molecular weight is 81.1 g/mol. The molecule has 0 fully saturated rings. The van der Waals surface area contributed by atoms with Gasteiger partial charge in [0.2, 0.25) is 0 Å². The van der Waals surface area contributed by atoms with Crippen LogP contribution in [0.15, 0.2) is 4.99 Å². The second-order valence-corrected chi connectivity index (χ2v) is 0.782. The third kappa shape index (κ3) is 1.48. The van der Waals surface area contributed by atoms with Gasteiger partial charge in [0.1, 0.15) is 11.8 Å². The van der Waals surface area contributed by atoms with Gasteiger partial charge in [-0.2, -0.15) is 5.26 Å². The van der Waals surface area contributed by atoms with Crippen molar-refractivity contribution in [3.8, 4) is 6.07 Å². The minimum Gasteiger partial charge on any atom is -0.282 e. The van der Waals surface area contributed by atoms with Crippen molar-refractivity contribution in [3.05, 3.63) is 6.92 Å². The number of rotatable bonds is 0. The highest BCUT2D eigenvalue weighted by Gasteiger charge is 1.73. The summed E-state index contributed by atoms with van der Waals surface area (Å²) in [6.07, 6.45) is 0. The molecule has 0 aliphatic heterocycles. The third-order valence-corrected chi connectivity index (χ3v) is 0.399. The van der Waals surface area contributed by atoms with Crippen molar-refractivity contribution < 1.29 is 0 Å². The Bertz CT molecular complexity index is 96.6. The minimum absolute atomic E-state index is 0.273. The van der Waals surface area contributed by atoms with Crippen molar-refractivity contribution in [3.63, 3.8) is 0 Å². The first-order chi connectivity index (χ1) is 2.81. The lowest BCUT2D eigenvalue weighted by Gasteiger charge is -1.70. The van der Waals surface area contributed by atoms with Gasteiger partial charge in [-0.3, -0.25) is 4.99 Å². The third-order valence-electron chi connectivity index (χ3n) is 0.399. The molecule has 0 aliphatic carbocycles. The standard InChI is InChI=1S/C4H5N2/c1-4(3-5)6-2/h1H2,2H3. The fraction of sp³-hybridized carbons (Fsp3) is 0.250. The highest BCUT2D eigenvalue weighted by Crippen LogP contribution is 1.63. The zero-order chi connectivity index (χ0) is 4.99. The molecule has 0 saturated heterocycles. The maximum Gasteiger partial charge on any atom is 0.114 e. The first-order valence-electron chi connectivity index (χ1n) is 1.50. The molecule has 0 aromatic rings. The van der Waals surface area contributed by atoms with Crippen LogP contribution in [0, 0.1) is 18.3 Å². The van der Waals surface area contributed by atoms with Crippen LogP contribution in [0.25, 0.3) is 0 Å². The highest BCUT2D eigenvalue weighted by atomic mass is 14.7. The molecule has 0 atom stereocenters. The summed E-state index contributed by atoms with van der Waals surface area (Å²) in [6, 6.07) is 1.75. The van der Waals surface area contributed by atoms with Gasteiger partial charge in [0, 0.05) is 14.0 Å². The van der Waals surface area contributed by atoms with Gasteiger partial charge in [0.05, 0.1) is 0 Å². The maximum absolute atomic E-state index is 7.89. The van der Waals surface area contributed by atoms with Gasteiger partial charge in [-0.1, -0.05) is 0 Å².